The van der Waals surface area contributed by atoms with Gasteiger partial charge >= 0.3 is 0 Å². The number of sulfone groups is 1. The maximum Gasteiger partial charge on any atom is 0.185 e. The SMILES string of the molecule is CS(=O)(=O)C1(c2nc(-c3cc(C#N)cc4[nH]ccc34)nc3c2OC[C@@H]2COCCN32)CCC1. The van der Waals surface area contributed by atoms with Crippen LogP contribution in [0.15, 0.2) is 24.4 Å². The van der Waals surface area contributed by atoms with Crippen molar-refractivity contribution in [2.24, 2.45) is 0 Å². The number of nitrogens with zero attached hydrogens (tertiary/aromatic N) is 4. The summed E-state index contributed by atoms with van der Waals surface area (Å²) in [4.78, 5) is 15.1. The second kappa shape index (κ2) is 7.17. The van der Waals surface area contributed by atoms with E-state index in [9.17, 15) is 13.7 Å². The standard InChI is InChI=1S/C23H23N5O4S/c1-33(29,30)23(4-2-5-23)20-19-22(28-7-8-31-12-15(28)13-32-19)27-21(26-20)17-9-14(11-24)10-18-16(17)3-6-25-18/h3,6,9-10,15,25H,2,4-5,7-8,12-13H2,1H3/t15-/m0/s1. The number of rotatable bonds is 3. The van der Waals surface area contributed by atoms with Gasteiger partial charge in [0.05, 0.1) is 30.9 Å². The Morgan fingerprint density at radius 1 is 1.27 bits per heavy atom. The summed E-state index contributed by atoms with van der Waals surface area (Å²) in [6, 6.07) is 7.66. The average Bonchev–Trinajstić information content (AvgIpc) is 3.25. The van der Waals surface area contributed by atoms with Crippen molar-refractivity contribution in [3.8, 4) is 23.2 Å². The van der Waals surface area contributed by atoms with Crippen molar-refractivity contribution < 1.29 is 17.9 Å². The van der Waals surface area contributed by atoms with E-state index in [0.717, 1.165) is 17.3 Å². The maximum atomic E-state index is 13.0. The number of ether oxygens (including phenoxy) is 2. The molecule has 3 aliphatic rings. The highest BCUT2D eigenvalue weighted by Gasteiger charge is 2.53. The number of nitrogens with one attached hydrogen (secondary N) is 1. The Labute approximate surface area is 191 Å². The lowest BCUT2D eigenvalue weighted by Gasteiger charge is -2.44. The van der Waals surface area contributed by atoms with E-state index in [-0.39, 0.29) is 6.04 Å². The molecule has 2 fully saturated rings. The molecule has 170 valence electrons. The van der Waals surface area contributed by atoms with Crippen LogP contribution in [0.1, 0.15) is 30.5 Å². The number of fused-ring (bicyclic) bond motifs is 4. The van der Waals surface area contributed by atoms with Crippen molar-refractivity contribution in [1.82, 2.24) is 15.0 Å². The predicted octanol–water partition coefficient (Wildman–Crippen LogP) is 2.52. The number of aromatic nitrogens is 3. The zero-order valence-corrected chi connectivity index (χ0v) is 19.0. The number of morpholine rings is 1. The fraction of sp³-hybridized carbons (Fsp3) is 0.435. The van der Waals surface area contributed by atoms with Gasteiger partial charge in [0.15, 0.2) is 27.2 Å². The van der Waals surface area contributed by atoms with Crippen molar-refractivity contribution in [1.29, 1.82) is 5.26 Å². The van der Waals surface area contributed by atoms with Crippen molar-refractivity contribution in [2.45, 2.75) is 30.1 Å². The number of nitriles is 1. The van der Waals surface area contributed by atoms with Crippen molar-refractivity contribution in [3.05, 3.63) is 35.7 Å². The van der Waals surface area contributed by atoms with Gasteiger partial charge in [-0.2, -0.15) is 5.26 Å². The molecule has 0 bridgehead atoms. The van der Waals surface area contributed by atoms with E-state index in [1.165, 1.54) is 6.26 Å². The molecule has 1 N–H and O–H groups in total. The van der Waals surface area contributed by atoms with Crippen LogP contribution in [-0.2, 0) is 19.3 Å². The summed E-state index contributed by atoms with van der Waals surface area (Å²) in [6.07, 6.45) is 4.90. The number of H-pyrrole nitrogens is 1. The molecular weight excluding hydrogens is 442 g/mol. The highest BCUT2D eigenvalue weighted by Crippen LogP contribution is 2.53. The first kappa shape index (κ1) is 20.4. The van der Waals surface area contributed by atoms with Gasteiger partial charge in [0, 0.05) is 35.5 Å². The number of aromatic amines is 1. The fourth-order valence-electron chi connectivity index (χ4n) is 5.14. The molecule has 4 heterocycles. The normalized spacial score (nSPS) is 21.5. The molecule has 1 aliphatic carbocycles. The molecule has 0 spiro atoms. The summed E-state index contributed by atoms with van der Waals surface area (Å²) < 4.78 is 36.7. The Morgan fingerprint density at radius 2 is 2.12 bits per heavy atom. The third-order valence-electron chi connectivity index (χ3n) is 7.11. The van der Waals surface area contributed by atoms with Crippen LogP contribution < -0.4 is 9.64 Å². The molecule has 1 atom stereocenters. The van der Waals surface area contributed by atoms with Crippen LogP contribution in [0.3, 0.4) is 0 Å². The van der Waals surface area contributed by atoms with E-state index in [1.54, 1.807) is 18.3 Å². The van der Waals surface area contributed by atoms with Gasteiger partial charge in [-0.15, -0.1) is 0 Å². The van der Waals surface area contributed by atoms with Gasteiger partial charge in [-0.1, -0.05) is 0 Å². The van der Waals surface area contributed by atoms with E-state index >= 15 is 0 Å². The molecule has 9 nitrogen and oxygen atoms in total. The van der Waals surface area contributed by atoms with E-state index in [2.05, 4.69) is 16.0 Å². The summed E-state index contributed by atoms with van der Waals surface area (Å²) in [5.74, 6) is 1.47. The van der Waals surface area contributed by atoms with Crippen molar-refractivity contribution in [2.75, 3.05) is 37.5 Å². The van der Waals surface area contributed by atoms with Gasteiger partial charge < -0.3 is 19.4 Å². The minimum Gasteiger partial charge on any atom is -0.486 e. The Hall–Kier alpha value is -3.16. The minimum atomic E-state index is -3.46. The first-order valence-corrected chi connectivity index (χ1v) is 12.9. The van der Waals surface area contributed by atoms with Gasteiger partial charge in [-0.05, 0) is 37.5 Å². The molecule has 2 aromatic heterocycles. The molecule has 2 aliphatic heterocycles. The smallest absolute Gasteiger partial charge is 0.185 e. The quantitative estimate of drug-likeness (QED) is 0.626. The van der Waals surface area contributed by atoms with Crippen LogP contribution in [0.4, 0.5) is 5.82 Å². The largest absolute Gasteiger partial charge is 0.486 e. The van der Waals surface area contributed by atoms with Crippen LogP contribution in [0.25, 0.3) is 22.3 Å². The second-order valence-corrected chi connectivity index (χ2v) is 11.3. The molecule has 33 heavy (non-hydrogen) atoms. The molecule has 10 heteroatoms. The lowest BCUT2D eigenvalue weighted by Crippen LogP contribution is -2.52. The first-order chi connectivity index (χ1) is 15.9. The van der Waals surface area contributed by atoms with Crippen LogP contribution in [-0.4, -0.2) is 62.0 Å². The van der Waals surface area contributed by atoms with Gasteiger partial charge in [0.25, 0.3) is 0 Å². The molecule has 6 rings (SSSR count). The topological polar surface area (TPSA) is 121 Å². The second-order valence-electron chi connectivity index (χ2n) is 8.98. The summed E-state index contributed by atoms with van der Waals surface area (Å²) in [5, 5.41) is 10.4. The van der Waals surface area contributed by atoms with Gasteiger partial charge in [-0.25, -0.2) is 18.4 Å². The van der Waals surface area contributed by atoms with Crippen LogP contribution in [0.2, 0.25) is 0 Å². The number of benzene rings is 1. The highest BCUT2D eigenvalue weighted by atomic mass is 32.2. The molecule has 0 unspecified atom stereocenters. The first-order valence-electron chi connectivity index (χ1n) is 11.0. The summed E-state index contributed by atoms with van der Waals surface area (Å²) >= 11 is 0. The number of hydrogen-bond acceptors (Lipinski definition) is 8. The molecule has 1 saturated carbocycles. The lowest BCUT2D eigenvalue weighted by molar-refractivity contribution is 0.0688. The summed E-state index contributed by atoms with van der Waals surface area (Å²) in [6.45, 7) is 2.13. The average molecular weight is 466 g/mol. The zero-order chi connectivity index (χ0) is 22.8. The van der Waals surface area contributed by atoms with Crippen LogP contribution in [0, 0.1) is 11.3 Å². The van der Waals surface area contributed by atoms with Gasteiger partial charge in [-0.3, -0.25) is 0 Å². The van der Waals surface area contributed by atoms with Crippen molar-refractivity contribution >= 4 is 26.6 Å². The Bertz CT molecular complexity index is 1420. The minimum absolute atomic E-state index is 0.00939. The maximum absolute atomic E-state index is 13.0. The van der Waals surface area contributed by atoms with E-state index in [0.29, 0.717) is 73.4 Å². The van der Waals surface area contributed by atoms with E-state index < -0.39 is 14.6 Å². The molecule has 0 amide bonds. The Kier molecular flexibility index (Phi) is 4.44. The van der Waals surface area contributed by atoms with Crippen molar-refractivity contribution in [3.63, 3.8) is 0 Å². The number of anilines is 1. The molecular formula is C23H23N5O4S. The number of hydrogen-bond donors (Lipinski definition) is 1. The van der Waals surface area contributed by atoms with E-state index in [4.69, 9.17) is 19.4 Å². The molecule has 3 aromatic rings. The van der Waals surface area contributed by atoms with Gasteiger partial charge in [0.2, 0.25) is 0 Å². The summed E-state index contributed by atoms with van der Waals surface area (Å²) in [5.41, 5.74) is 2.40. The monoisotopic (exact) mass is 465 g/mol. The van der Waals surface area contributed by atoms with Gasteiger partial charge in [0.1, 0.15) is 17.0 Å². The molecule has 1 saturated heterocycles. The van der Waals surface area contributed by atoms with E-state index in [1.807, 2.05) is 6.07 Å². The predicted molar refractivity (Wildman–Crippen MR) is 122 cm³/mol. The van der Waals surface area contributed by atoms with Crippen LogP contribution >= 0.6 is 0 Å². The molecule has 1 aromatic carbocycles. The molecule has 0 radical (unpaired) electrons. The lowest BCUT2D eigenvalue weighted by atomic mass is 9.80. The third kappa shape index (κ3) is 2.96. The highest BCUT2D eigenvalue weighted by molar-refractivity contribution is 7.91. The zero-order valence-electron chi connectivity index (χ0n) is 18.2. The third-order valence-corrected chi connectivity index (χ3v) is 9.13. The van der Waals surface area contributed by atoms with Crippen LogP contribution in [0.5, 0.6) is 5.75 Å². The fourth-order valence-corrected chi connectivity index (χ4v) is 6.66. The Balaban J connectivity index is 1.65. The summed E-state index contributed by atoms with van der Waals surface area (Å²) in [7, 11) is -3.46. The Morgan fingerprint density at radius 3 is 2.85 bits per heavy atom.